The lowest BCUT2D eigenvalue weighted by Gasteiger charge is -2.13. The number of benzene rings is 2. The molecule has 0 aromatic heterocycles. The number of hydrogen-bond donors (Lipinski definition) is 0. The zero-order valence-electron chi connectivity index (χ0n) is 9.85. The van der Waals surface area contributed by atoms with Gasteiger partial charge in [0.2, 0.25) is 0 Å². The van der Waals surface area contributed by atoms with Crippen LogP contribution in [0.3, 0.4) is 0 Å². The Balaban J connectivity index is 2.49. The van der Waals surface area contributed by atoms with Crippen LogP contribution in [0.2, 0.25) is 5.02 Å². The zero-order valence-corrected chi connectivity index (χ0v) is 11.4. The lowest BCUT2D eigenvalue weighted by molar-refractivity contribution is 0.526. The monoisotopic (exact) mass is 304 g/mol. The highest BCUT2D eigenvalue weighted by atomic mass is 35.5. The molecule has 0 fully saturated rings. The highest BCUT2D eigenvalue weighted by molar-refractivity contribution is 6.31. The minimum absolute atomic E-state index is 0.371. The molecular formula is C14H9Cl2F3. The van der Waals surface area contributed by atoms with Crippen LogP contribution >= 0.6 is 23.2 Å². The van der Waals surface area contributed by atoms with Crippen molar-refractivity contribution in [1.82, 2.24) is 0 Å². The summed E-state index contributed by atoms with van der Waals surface area (Å²) in [5.41, 5.74) is 0.866. The Bertz CT molecular complexity index is 603. The van der Waals surface area contributed by atoms with E-state index in [2.05, 4.69) is 0 Å². The third-order valence-electron chi connectivity index (χ3n) is 2.77. The maximum atomic E-state index is 13.6. The number of halogens is 5. The van der Waals surface area contributed by atoms with Crippen molar-refractivity contribution in [2.24, 2.45) is 0 Å². The molecule has 0 nitrogen and oxygen atoms in total. The quantitative estimate of drug-likeness (QED) is 0.652. The molecular weight excluding hydrogens is 296 g/mol. The van der Waals surface area contributed by atoms with E-state index in [9.17, 15) is 13.2 Å². The fourth-order valence-corrected chi connectivity index (χ4v) is 2.25. The van der Waals surface area contributed by atoms with E-state index in [1.54, 1.807) is 25.1 Å². The molecule has 1 unspecified atom stereocenters. The molecule has 0 spiro atoms. The van der Waals surface area contributed by atoms with Crippen molar-refractivity contribution < 1.29 is 13.2 Å². The molecule has 0 bridgehead atoms. The van der Waals surface area contributed by atoms with Gasteiger partial charge >= 0.3 is 0 Å². The first-order chi connectivity index (χ1) is 8.90. The summed E-state index contributed by atoms with van der Waals surface area (Å²) in [4.78, 5) is 0. The van der Waals surface area contributed by atoms with Crippen molar-refractivity contribution in [1.29, 1.82) is 0 Å². The predicted molar refractivity (Wildman–Crippen MR) is 70.2 cm³/mol. The first-order valence-corrected chi connectivity index (χ1v) is 6.26. The van der Waals surface area contributed by atoms with Gasteiger partial charge in [0.05, 0.1) is 5.38 Å². The van der Waals surface area contributed by atoms with Gasteiger partial charge in [0, 0.05) is 22.7 Å². The third kappa shape index (κ3) is 2.88. The molecule has 2 aromatic carbocycles. The van der Waals surface area contributed by atoms with Gasteiger partial charge in [-0.25, -0.2) is 13.2 Å². The second-order valence-corrected chi connectivity index (χ2v) is 5.00. The molecule has 0 aliphatic rings. The van der Waals surface area contributed by atoms with Gasteiger partial charge in [-0.05, 0) is 24.1 Å². The first kappa shape index (κ1) is 14.2. The van der Waals surface area contributed by atoms with Crippen molar-refractivity contribution in [2.45, 2.75) is 12.3 Å². The standard InChI is InChI=1S/C14H9Cl2F3/c1-7-4-8(2-3-10(7)15)14(16)13-11(18)5-9(17)6-12(13)19/h2-6,14H,1H3. The number of hydrogen-bond acceptors (Lipinski definition) is 0. The highest BCUT2D eigenvalue weighted by Crippen LogP contribution is 2.34. The molecule has 2 aromatic rings. The minimum Gasteiger partial charge on any atom is -0.207 e. The van der Waals surface area contributed by atoms with Crippen molar-refractivity contribution in [3.63, 3.8) is 0 Å². The molecule has 0 saturated heterocycles. The zero-order chi connectivity index (χ0) is 14.2. The van der Waals surface area contributed by atoms with E-state index < -0.39 is 22.8 Å². The number of alkyl halides is 1. The molecule has 0 heterocycles. The van der Waals surface area contributed by atoms with Gasteiger partial charge in [0.15, 0.2) is 0 Å². The summed E-state index contributed by atoms with van der Waals surface area (Å²) in [6.45, 7) is 1.76. The summed E-state index contributed by atoms with van der Waals surface area (Å²) < 4.78 is 40.1. The van der Waals surface area contributed by atoms with Crippen molar-refractivity contribution in [2.75, 3.05) is 0 Å². The van der Waals surface area contributed by atoms with E-state index in [1.165, 1.54) is 0 Å². The van der Waals surface area contributed by atoms with Gasteiger partial charge in [0.1, 0.15) is 17.5 Å². The Morgan fingerprint density at radius 3 is 2.11 bits per heavy atom. The molecule has 0 amide bonds. The largest absolute Gasteiger partial charge is 0.207 e. The van der Waals surface area contributed by atoms with Gasteiger partial charge in [-0.1, -0.05) is 23.7 Å². The summed E-state index contributed by atoms with van der Waals surface area (Å²) in [5.74, 6) is -3.00. The summed E-state index contributed by atoms with van der Waals surface area (Å²) in [7, 11) is 0. The van der Waals surface area contributed by atoms with E-state index in [-0.39, 0.29) is 5.56 Å². The molecule has 0 aliphatic heterocycles. The predicted octanol–water partition coefficient (Wildman–Crippen LogP) is 5.39. The Morgan fingerprint density at radius 2 is 1.58 bits per heavy atom. The van der Waals surface area contributed by atoms with Crippen LogP contribution in [0.1, 0.15) is 22.1 Å². The van der Waals surface area contributed by atoms with Crippen molar-refractivity contribution >= 4 is 23.2 Å². The smallest absolute Gasteiger partial charge is 0.134 e. The second kappa shape index (κ2) is 5.43. The molecule has 2 rings (SSSR count). The maximum Gasteiger partial charge on any atom is 0.134 e. The Hall–Kier alpha value is -1.19. The third-order valence-corrected chi connectivity index (χ3v) is 3.67. The Morgan fingerprint density at radius 1 is 1.00 bits per heavy atom. The maximum absolute atomic E-state index is 13.6. The molecule has 0 N–H and O–H groups in total. The molecule has 5 heteroatoms. The van der Waals surface area contributed by atoms with Gasteiger partial charge in [0.25, 0.3) is 0 Å². The second-order valence-electron chi connectivity index (χ2n) is 4.15. The molecule has 19 heavy (non-hydrogen) atoms. The molecule has 0 radical (unpaired) electrons. The average molecular weight is 305 g/mol. The van der Waals surface area contributed by atoms with Crippen molar-refractivity contribution in [3.8, 4) is 0 Å². The molecule has 1 atom stereocenters. The van der Waals surface area contributed by atoms with Gasteiger partial charge in [-0.3, -0.25) is 0 Å². The lowest BCUT2D eigenvalue weighted by atomic mass is 10.0. The average Bonchev–Trinajstić information content (AvgIpc) is 2.31. The van der Waals surface area contributed by atoms with Crippen LogP contribution in [-0.4, -0.2) is 0 Å². The van der Waals surface area contributed by atoms with Crippen LogP contribution in [-0.2, 0) is 0 Å². The van der Waals surface area contributed by atoms with E-state index in [0.29, 0.717) is 22.7 Å². The van der Waals surface area contributed by atoms with E-state index in [1.807, 2.05) is 0 Å². The highest BCUT2D eigenvalue weighted by Gasteiger charge is 2.21. The van der Waals surface area contributed by atoms with E-state index >= 15 is 0 Å². The fourth-order valence-electron chi connectivity index (χ4n) is 1.79. The van der Waals surface area contributed by atoms with Crippen LogP contribution in [0.5, 0.6) is 0 Å². The summed E-state index contributed by atoms with van der Waals surface area (Å²) in [6.07, 6.45) is 0. The Kier molecular flexibility index (Phi) is 4.07. The molecule has 0 aliphatic carbocycles. The number of rotatable bonds is 2. The van der Waals surface area contributed by atoms with Crippen LogP contribution in [0.4, 0.5) is 13.2 Å². The SMILES string of the molecule is Cc1cc(C(Cl)c2c(F)cc(F)cc2F)ccc1Cl. The summed E-state index contributed by atoms with van der Waals surface area (Å²) in [5, 5.41) is -0.510. The summed E-state index contributed by atoms with van der Waals surface area (Å²) >= 11 is 11.9. The summed E-state index contributed by atoms with van der Waals surface area (Å²) in [6, 6.07) is 6.03. The van der Waals surface area contributed by atoms with E-state index in [0.717, 1.165) is 5.56 Å². The lowest BCUT2D eigenvalue weighted by Crippen LogP contribution is -2.02. The molecule has 100 valence electrons. The van der Waals surface area contributed by atoms with Crippen LogP contribution in [0.15, 0.2) is 30.3 Å². The van der Waals surface area contributed by atoms with Gasteiger partial charge in [-0.2, -0.15) is 0 Å². The van der Waals surface area contributed by atoms with Crippen LogP contribution in [0, 0.1) is 24.4 Å². The number of aryl methyl sites for hydroxylation is 1. The fraction of sp³-hybridized carbons (Fsp3) is 0.143. The first-order valence-electron chi connectivity index (χ1n) is 5.44. The minimum atomic E-state index is -1.04. The molecule has 0 saturated carbocycles. The normalized spacial score (nSPS) is 12.5. The van der Waals surface area contributed by atoms with Gasteiger partial charge in [-0.15, -0.1) is 11.6 Å². The van der Waals surface area contributed by atoms with Gasteiger partial charge < -0.3 is 0 Å². The van der Waals surface area contributed by atoms with Crippen LogP contribution in [0.25, 0.3) is 0 Å². The van der Waals surface area contributed by atoms with E-state index in [4.69, 9.17) is 23.2 Å². The topological polar surface area (TPSA) is 0 Å². The van der Waals surface area contributed by atoms with Crippen LogP contribution < -0.4 is 0 Å². The Labute approximate surface area is 118 Å². The van der Waals surface area contributed by atoms with Crippen molar-refractivity contribution in [3.05, 3.63) is 69.5 Å².